The van der Waals surface area contributed by atoms with Gasteiger partial charge in [-0.3, -0.25) is 9.59 Å². The molecule has 0 spiro atoms. The number of rotatable bonds is 5. The van der Waals surface area contributed by atoms with Gasteiger partial charge in [-0.1, -0.05) is 0 Å². The highest BCUT2D eigenvalue weighted by molar-refractivity contribution is 7.98. The summed E-state index contributed by atoms with van der Waals surface area (Å²) in [5, 5.41) is 11.9. The lowest BCUT2D eigenvalue weighted by molar-refractivity contribution is -0.146. The number of carboxylic acid groups (broad SMARTS) is 1. The quantitative estimate of drug-likeness (QED) is 0.543. The van der Waals surface area contributed by atoms with Crippen LogP contribution in [-0.4, -0.2) is 39.8 Å². The van der Waals surface area contributed by atoms with Crippen molar-refractivity contribution in [3.05, 3.63) is 21.7 Å². The first-order valence-corrected chi connectivity index (χ1v) is 7.08. The Morgan fingerprint density at radius 3 is 2.55 bits per heavy atom. The Kier molecular flexibility index (Phi) is 4.93. The Bertz CT molecular complexity index is 595. The monoisotopic (exact) mass is 299 g/mol. The average molecular weight is 299 g/mol. The van der Waals surface area contributed by atoms with Gasteiger partial charge in [0.05, 0.1) is 11.0 Å². The van der Waals surface area contributed by atoms with Crippen LogP contribution in [-0.2, 0) is 4.79 Å². The second kappa shape index (κ2) is 6.08. The predicted octanol–water partition coefficient (Wildman–Crippen LogP) is 0.641. The number of aliphatic carboxylic acids is 1. The topological polar surface area (TPSA) is 112 Å². The minimum absolute atomic E-state index is 0.0203. The maximum absolute atomic E-state index is 12.1. The summed E-state index contributed by atoms with van der Waals surface area (Å²) in [6.45, 7) is 4.61. The molecule has 0 atom stereocenters. The lowest BCUT2D eigenvalue weighted by atomic mass is 9.94. The van der Waals surface area contributed by atoms with Crippen LogP contribution in [0.25, 0.3) is 0 Å². The molecule has 110 valence electrons. The van der Waals surface area contributed by atoms with Crippen LogP contribution in [0.5, 0.6) is 0 Å². The van der Waals surface area contributed by atoms with Gasteiger partial charge in [-0.15, -0.1) is 11.8 Å². The van der Waals surface area contributed by atoms with E-state index in [0.717, 1.165) is 0 Å². The first-order chi connectivity index (χ1) is 9.19. The molecule has 0 aromatic carbocycles. The zero-order chi connectivity index (χ0) is 15.5. The summed E-state index contributed by atoms with van der Waals surface area (Å²) in [7, 11) is 0. The third kappa shape index (κ3) is 3.60. The molecule has 3 N–H and O–H groups in total. The van der Waals surface area contributed by atoms with E-state index in [4.69, 9.17) is 5.11 Å². The summed E-state index contributed by atoms with van der Waals surface area (Å²) in [5.74, 6) is -1.45. The molecule has 0 aliphatic carbocycles. The highest BCUT2D eigenvalue weighted by Gasteiger charge is 2.28. The van der Waals surface area contributed by atoms with Gasteiger partial charge in [0.1, 0.15) is 5.03 Å². The third-order valence-corrected chi connectivity index (χ3v) is 3.46. The van der Waals surface area contributed by atoms with Crippen LogP contribution in [0.2, 0.25) is 0 Å². The van der Waals surface area contributed by atoms with E-state index < -0.39 is 23.0 Å². The number of amides is 1. The highest BCUT2D eigenvalue weighted by atomic mass is 32.2. The van der Waals surface area contributed by atoms with Crippen LogP contribution < -0.4 is 11.0 Å². The SMILES string of the molecule is CSc1nc(=O)[nH]c(C)c1C(=O)NCC(C)(C)C(=O)O. The zero-order valence-electron chi connectivity index (χ0n) is 11.7. The standard InChI is InChI=1S/C12H17N3O4S/c1-6-7(9(20-4)15-11(19)14-6)8(16)13-5-12(2,3)10(17)18/h5H2,1-4H3,(H,13,16)(H,17,18)(H,14,15,19). The van der Waals surface area contributed by atoms with Crippen molar-refractivity contribution in [1.82, 2.24) is 15.3 Å². The predicted molar refractivity (Wildman–Crippen MR) is 75.1 cm³/mol. The largest absolute Gasteiger partial charge is 0.481 e. The molecule has 0 aliphatic rings. The normalized spacial score (nSPS) is 11.2. The first kappa shape index (κ1) is 16.2. The lowest BCUT2D eigenvalue weighted by Crippen LogP contribution is -2.39. The van der Waals surface area contributed by atoms with Gasteiger partial charge in [-0.05, 0) is 27.0 Å². The molecule has 1 amide bonds. The van der Waals surface area contributed by atoms with Gasteiger partial charge in [0, 0.05) is 12.2 Å². The van der Waals surface area contributed by atoms with E-state index in [0.29, 0.717) is 10.7 Å². The molecule has 0 radical (unpaired) electrons. The third-order valence-electron chi connectivity index (χ3n) is 2.78. The smallest absolute Gasteiger partial charge is 0.346 e. The van der Waals surface area contributed by atoms with Crippen molar-refractivity contribution in [3.63, 3.8) is 0 Å². The van der Waals surface area contributed by atoms with E-state index in [-0.39, 0.29) is 12.1 Å². The van der Waals surface area contributed by atoms with Crippen LogP contribution in [0, 0.1) is 12.3 Å². The number of nitrogens with one attached hydrogen (secondary N) is 2. The zero-order valence-corrected chi connectivity index (χ0v) is 12.6. The molecule has 1 aromatic heterocycles. The molecule has 0 saturated heterocycles. The van der Waals surface area contributed by atoms with E-state index in [1.165, 1.54) is 25.6 Å². The molecule has 1 aromatic rings. The fourth-order valence-corrected chi connectivity index (χ4v) is 2.06. The summed E-state index contributed by atoms with van der Waals surface area (Å²) >= 11 is 1.18. The van der Waals surface area contributed by atoms with Gasteiger partial charge in [-0.2, -0.15) is 4.98 Å². The van der Waals surface area contributed by atoms with E-state index in [9.17, 15) is 14.4 Å². The molecule has 1 rings (SSSR count). The molecular formula is C12H17N3O4S. The Morgan fingerprint density at radius 1 is 1.45 bits per heavy atom. The van der Waals surface area contributed by atoms with Crippen LogP contribution in [0.1, 0.15) is 29.9 Å². The van der Waals surface area contributed by atoms with Gasteiger partial charge in [0.25, 0.3) is 5.91 Å². The van der Waals surface area contributed by atoms with Crippen molar-refractivity contribution in [2.75, 3.05) is 12.8 Å². The van der Waals surface area contributed by atoms with Crippen LogP contribution in [0.4, 0.5) is 0 Å². The number of hydrogen-bond acceptors (Lipinski definition) is 5. The first-order valence-electron chi connectivity index (χ1n) is 5.85. The van der Waals surface area contributed by atoms with Gasteiger partial charge in [0.15, 0.2) is 0 Å². The molecule has 1 heterocycles. The van der Waals surface area contributed by atoms with Crippen molar-refractivity contribution in [2.45, 2.75) is 25.8 Å². The van der Waals surface area contributed by atoms with E-state index in [2.05, 4.69) is 15.3 Å². The van der Waals surface area contributed by atoms with Gasteiger partial charge in [-0.25, -0.2) is 4.79 Å². The van der Waals surface area contributed by atoms with Gasteiger partial charge >= 0.3 is 11.7 Å². The number of aryl methyl sites for hydroxylation is 1. The van der Waals surface area contributed by atoms with E-state index in [1.807, 2.05) is 0 Å². The maximum Gasteiger partial charge on any atom is 0.346 e. The van der Waals surface area contributed by atoms with Gasteiger partial charge < -0.3 is 15.4 Å². The molecule has 20 heavy (non-hydrogen) atoms. The number of thioether (sulfide) groups is 1. The fraction of sp³-hybridized carbons (Fsp3) is 0.500. The number of nitrogens with zero attached hydrogens (tertiary/aromatic N) is 1. The number of carbonyl (C=O) groups is 2. The number of aromatic nitrogens is 2. The minimum atomic E-state index is -1.07. The van der Waals surface area contributed by atoms with E-state index >= 15 is 0 Å². The number of aromatic amines is 1. The average Bonchev–Trinajstić information content (AvgIpc) is 2.34. The molecule has 0 bridgehead atoms. The van der Waals surface area contributed by atoms with Crippen molar-refractivity contribution in [1.29, 1.82) is 0 Å². The number of carbonyl (C=O) groups excluding carboxylic acids is 1. The molecular weight excluding hydrogens is 282 g/mol. The van der Waals surface area contributed by atoms with Crippen LogP contribution >= 0.6 is 11.8 Å². The molecule has 0 unspecified atom stereocenters. The van der Waals surface area contributed by atoms with Crippen molar-refractivity contribution < 1.29 is 14.7 Å². The second-order valence-corrected chi connectivity index (χ2v) is 5.72. The molecule has 8 heteroatoms. The van der Waals surface area contributed by atoms with Crippen molar-refractivity contribution in [2.24, 2.45) is 5.41 Å². The summed E-state index contributed by atoms with van der Waals surface area (Å²) in [4.78, 5) is 40.6. The van der Waals surface area contributed by atoms with Gasteiger partial charge in [0.2, 0.25) is 0 Å². The highest BCUT2D eigenvalue weighted by Crippen LogP contribution is 2.19. The fourth-order valence-electron chi connectivity index (χ4n) is 1.44. The summed E-state index contributed by atoms with van der Waals surface area (Å²) < 4.78 is 0. The summed E-state index contributed by atoms with van der Waals surface area (Å²) in [6, 6.07) is 0. The van der Waals surface area contributed by atoms with Crippen molar-refractivity contribution in [3.8, 4) is 0 Å². The molecule has 7 nitrogen and oxygen atoms in total. The van der Waals surface area contributed by atoms with Crippen molar-refractivity contribution >= 4 is 23.6 Å². The number of H-pyrrole nitrogens is 1. The minimum Gasteiger partial charge on any atom is -0.481 e. The Morgan fingerprint density at radius 2 is 2.05 bits per heavy atom. The van der Waals surface area contributed by atoms with E-state index in [1.54, 1.807) is 13.2 Å². The summed E-state index contributed by atoms with van der Waals surface area (Å²) in [5.41, 5.74) is -0.925. The van der Waals surface area contributed by atoms with Crippen LogP contribution in [0.15, 0.2) is 9.82 Å². The molecule has 0 aliphatic heterocycles. The molecule has 0 saturated carbocycles. The molecule has 0 fully saturated rings. The number of hydrogen-bond donors (Lipinski definition) is 3. The maximum atomic E-state index is 12.1. The Hall–Kier alpha value is -1.83. The second-order valence-electron chi connectivity index (χ2n) is 4.92. The Balaban J connectivity index is 2.99. The number of carboxylic acids is 1. The van der Waals surface area contributed by atoms with Crippen LogP contribution in [0.3, 0.4) is 0 Å². The Labute approximate surface area is 120 Å². The lowest BCUT2D eigenvalue weighted by Gasteiger charge is -2.20. The summed E-state index contributed by atoms with van der Waals surface area (Å²) in [6.07, 6.45) is 1.71.